The van der Waals surface area contributed by atoms with E-state index < -0.39 is 29.9 Å². The monoisotopic (exact) mass is 351 g/mol. The lowest BCUT2D eigenvalue weighted by Gasteiger charge is -2.10. The van der Waals surface area contributed by atoms with Crippen molar-refractivity contribution in [2.24, 2.45) is 0 Å². The van der Waals surface area contributed by atoms with Gasteiger partial charge in [0.2, 0.25) is 5.91 Å². The van der Waals surface area contributed by atoms with Crippen LogP contribution < -0.4 is 10.1 Å². The molecule has 0 heterocycles. The second-order valence-corrected chi connectivity index (χ2v) is 5.18. The second-order valence-electron chi connectivity index (χ2n) is 5.18. The first-order chi connectivity index (χ1) is 11.8. The topological polar surface area (TPSA) is 55.4 Å². The van der Waals surface area contributed by atoms with Crippen molar-refractivity contribution in [3.63, 3.8) is 0 Å². The molecule has 0 saturated heterocycles. The van der Waals surface area contributed by atoms with Crippen molar-refractivity contribution >= 4 is 17.4 Å². The van der Waals surface area contributed by atoms with Crippen molar-refractivity contribution in [3.8, 4) is 5.75 Å². The highest BCUT2D eigenvalue weighted by atomic mass is 19.4. The van der Waals surface area contributed by atoms with Gasteiger partial charge in [0, 0.05) is 11.3 Å². The first-order valence-corrected chi connectivity index (χ1v) is 7.52. The molecule has 1 amide bonds. The van der Waals surface area contributed by atoms with Gasteiger partial charge in [0.05, 0.1) is 18.6 Å². The summed E-state index contributed by atoms with van der Waals surface area (Å²) in [5, 5.41) is 2.30. The molecular formula is C18H16F3NO3. The third-order valence-corrected chi connectivity index (χ3v) is 3.28. The molecule has 7 heteroatoms. The van der Waals surface area contributed by atoms with Crippen LogP contribution in [0.25, 0.3) is 0 Å². The zero-order valence-electron chi connectivity index (χ0n) is 13.4. The molecule has 2 rings (SSSR count). The Morgan fingerprint density at radius 2 is 1.76 bits per heavy atom. The summed E-state index contributed by atoms with van der Waals surface area (Å²) in [6.07, 6.45) is -4.97. The standard InChI is InChI=1S/C18H16F3NO3/c1-2-25-15-8-6-12(7-9-15)16(23)11-17(24)22-14-5-3-4-13(10-14)18(19,20)21/h3-10H,2,11H2,1H3,(H,22,24). The SMILES string of the molecule is CCOc1ccc(C(=O)CC(=O)Nc2cccc(C(F)(F)F)c2)cc1. The lowest BCUT2D eigenvalue weighted by molar-refractivity contribution is -0.137. The zero-order chi connectivity index (χ0) is 18.4. The van der Waals surface area contributed by atoms with Crippen LogP contribution in [0.5, 0.6) is 5.75 Å². The summed E-state index contributed by atoms with van der Waals surface area (Å²) in [5.41, 5.74) is -0.565. The molecule has 0 aromatic heterocycles. The number of halogens is 3. The summed E-state index contributed by atoms with van der Waals surface area (Å²) in [5.74, 6) is -0.516. The molecule has 0 fully saturated rings. The molecule has 25 heavy (non-hydrogen) atoms. The second kappa shape index (κ2) is 7.83. The van der Waals surface area contributed by atoms with Gasteiger partial charge in [-0.15, -0.1) is 0 Å². The number of amides is 1. The molecule has 4 nitrogen and oxygen atoms in total. The van der Waals surface area contributed by atoms with E-state index in [0.29, 0.717) is 17.9 Å². The fraction of sp³-hybridized carbons (Fsp3) is 0.222. The molecule has 0 spiro atoms. The molecule has 2 aromatic carbocycles. The van der Waals surface area contributed by atoms with Crippen molar-refractivity contribution < 1.29 is 27.5 Å². The Labute approximate surface area is 142 Å². The van der Waals surface area contributed by atoms with E-state index >= 15 is 0 Å². The minimum absolute atomic E-state index is 0.0145. The van der Waals surface area contributed by atoms with Crippen molar-refractivity contribution in [1.29, 1.82) is 0 Å². The number of ketones is 1. The van der Waals surface area contributed by atoms with Crippen LogP contribution in [-0.4, -0.2) is 18.3 Å². The highest BCUT2D eigenvalue weighted by molar-refractivity contribution is 6.11. The van der Waals surface area contributed by atoms with Gasteiger partial charge < -0.3 is 10.1 Å². The number of rotatable bonds is 6. The molecule has 0 aliphatic carbocycles. The number of anilines is 1. The van der Waals surface area contributed by atoms with E-state index in [-0.39, 0.29) is 5.69 Å². The molecular weight excluding hydrogens is 335 g/mol. The van der Waals surface area contributed by atoms with Gasteiger partial charge in [-0.3, -0.25) is 9.59 Å². The Bertz CT molecular complexity index is 755. The van der Waals surface area contributed by atoms with Gasteiger partial charge in [0.25, 0.3) is 0 Å². The van der Waals surface area contributed by atoms with E-state index in [4.69, 9.17) is 4.74 Å². The van der Waals surface area contributed by atoms with Gasteiger partial charge in [-0.05, 0) is 49.4 Å². The summed E-state index contributed by atoms with van der Waals surface area (Å²) < 4.78 is 43.2. The van der Waals surface area contributed by atoms with Gasteiger partial charge in [-0.25, -0.2) is 0 Å². The molecule has 0 bridgehead atoms. The third kappa shape index (κ3) is 5.34. The Balaban J connectivity index is 1.99. The summed E-state index contributed by atoms with van der Waals surface area (Å²) in [6.45, 7) is 2.32. The first-order valence-electron chi connectivity index (χ1n) is 7.52. The van der Waals surface area contributed by atoms with Crippen LogP contribution in [-0.2, 0) is 11.0 Å². The number of carbonyl (C=O) groups excluding carboxylic acids is 2. The molecule has 0 saturated carbocycles. The molecule has 0 atom stereocenters. The van der Waals surface area contributed by atoms with Crippen molar-refractivity contribution in [2.75, 3.05) is 11.9 Å². The first kappa shape index (κ1) is 18.5. The van der Waals surface area contributed by atoms with Gasteiger partial charge in [0.15, 0.2) is 5.78 Å². The zero-order valence-corrected chi connectivity index (χ0v) is 13.4. The quantitative estimate of drug-likeness (QED) is 0.623. The number of hydrogen-bond donors (Lipinski definition) is 1. The van der Waals surface area contributed by atoms with Crippen LogP contribution in [0.4, 0.5) is 18.9 Å². The number of hydrogen-bond acceptors (Lipinski definition) is 3. The highest BCUT2D eigenvalue weighted by Crippen LogP contribution is 2.30. The van der Waals surface area contributed by atoms with E-state index in [1.54, 1.807) is 12.1 Å². The number of carbonyl (C=O) groups is 2. The fourth-order valence-electron chi connectivity index (χ4n) is 2.13. The Morgan fingerprint density at radius 1 is 1.08 bits per heavy atom. The van der Waals surface area contributed by atoms with Crippen LogP contribution in [0.3, 0.4) is 0 Å². The van der Waals surface area contributed by atoms with Crippen LogP contribution in [0.15, 0.2) is 48.5 Å². The number of nitrogens with one attached hydrogen (secondary N) is 1. The smallest absolute Gasteiger partial charge is 0.416 e. The molecule has 0 aliphatic heterocycles. The van der Waals surface area contributed by atoms with E-state index in [0.717, 1.165) is 12.1 Å². The number of Topliss-reactive ketones (excluding diaryl/α,β-unsaturated/α-hetero) is 1. The maximum Gasteiger partial charge on any atom is 0.416 e. The predicted octanol–water partition coefficient (Wildman–Crippen LogP) is 4.32. The Hall–Kier alpha value is -2.83. The molecule has 0 unspecified atom stereocenters. The lowest BCUT2D eigenvalue weighted by Crippen LogP contribution is -2.17. The normalized spacial score (nSPS) is 11.0. The summed E-state index contributed by atoms with van der Waals surface area (Å²) in [6, 6.07) is 10.5. The van der Waals surface area contributed by atoms with E-state index in [2.05, 4.69) is 5.32 Å². The number of alkyl halides is 3. The van der Waals surface area contributed by atoms with Crippen molar-refractivity contribution in [1.82, 2.24) is 0 Å². The highest BCUT2D eigenvalue weighted by Gasteiger charge is 2.30. The van der Waals surface area contributed by atoms with Crippen LogP contribution in [0.2, 0.25) is 0 Å². The molecule has 2 aromatic rings. The van der Waals surface area contributed by atoms with E-state index in [9.17, 15) is 22.8 Å². The minimum atomic E-state index is -4.50. The van der Waals surface area contributed by atoms with Gasteiger partial charge in [-0.1, -0.05) is 6.07 Å². The average molecular weight is 351 g/mol. The van der Waals surface area contributed by atoms with Gasteiger partial charge in [0.1, 0.15) is 5.75 Å². The number of benzene rings is 2. The number of ether oxygens (including phenoxy) is 1. The third-order valence-electron chi connectivity index (χ3n) is 3.28. The maximum atomic E-state index is 12.6. The average Bonchev–Trinajstić information content (AvgIpc) is 2.55. The Morgan fingerprint density at radius 3 is 2.36 bits per heavy atom. The molecule has 0 radical (unpaired) electrons. The van der Waals surface area contributed by atoms with E-state index in [1.807, 2.05) is 6.92 Å². The van der Waals surface area contributed by atoms with Crippen molar-refractivity contribution in [2.45, 2.75) is 19.5 Å². The Kier molecular flexibility index (Phi) is 5.80. The van der Waals surface area contributed by atoms with Crippen LogP contribution >= 0.6 is 0 Å². The largest absolute Gasteiger partial charge is 0.494 e. The van der Waals surface area contributed by atoms with Crippen molar-refractivity contribution in [3.05, 3.63) is 59.7 Å². The van der Waals surface area contributed by atoms with E-state index in [1.165, 1.54) is 24.3 Å². The maximum absolute atomic E-state index is 12.6. The molecule has 0 aliphatic rings. The fourth-order valence-corrected chi connectivity index (χ4v) is 2.13. The molecule has 1 N–H and O–H groups in total. The summed E-state index contributed by atoms with van der Waals surface area (Å²) in [4.78, 5) is 23.9. The molecule has 132 valence electrons. The summed E-state index contributed by atoms with van der Waals surface area (Å²) >= 11 is 0. The van der Waals surface area contributed by atoms with Crippen LogP contribution in [0, 0.1) is 0 Å². The lowest BCUT2D eigenvalue weighted by atomic mass is 10.1. The van der Waals surface area contributed by atoms with Gasteiger partial charge >= 0.3 is 6.18 Å². The minimum Gasteiger partial charge on any atom is -0.494 e. The van der Waals surface area contributed by atoms with Crippen LogP contribution in [0.1, 0.15) is 29.3 Å². The summed E-state index contributed by atoms with van der Waals surface area (Å²) in [7, 11) is 0. The predicted molar refractivity (Wildman–Crippen MR) is 86.6 cm³/mol. The van der Waals surface area contributed by atoms with Gasteiger partial charge in [-0.2, -0.15) is 13.2 Å².